The Morgan fingerprint density at radius 3 is 3.07 bits per heavy atom. The smallest absolute Gasteiger partial charge is 0.247 e. The minimum Gasteiger partial charge on any atom is -0.323 e. The second-order valence-corrected chi connectivity index (χ2v) is 3.81. The summed E-state index contributed by atoms with van der Waals surface area (Å²) >= 11 is 1.69. The van der Waals surface area contributed by atoms with E-state index < -0.39 is 0 Å². The summed E-state index contributed by atoms with van der Waals surface area (Å²) in [7, 11) is 0. The molecule has 1 N–H and O–H groups in total. The molecule has 2 nitrogen and oxygen atoms in total. The maximum Gasteiger partial charge on any atom is 0.247 e. The predicted molar refractivity (Wildman–Crippen MR) is 60.7 cm³/mol. The molecule has 0 aliphatic heterocycles. The minimum atomic E-state index is -0.181. The number of anilines is 1. The lowest BCUT2D eigenvalue weighted by Gasteiger charge is -2.01. The molecule has 0 saturated carbocycles. The molecule has 0 radical (unpaired) electrons. The van der Waals surface area contributed by atoms with Crippen LogP contribution < -0.4 is 5.32 Å². The number of benzene rings is 1. The maximum absolute atomic E-state index is 11.0. The summed E-state index contributed by atoms with van der Waals surface area (Å²) in [4.78, 5) is 11.0. The maximum atomic E-state index is 11.0. The summed E-state index contributed by atoms with van der Waals surface area (Å²) in [6, 6.07) is 7.87. The van der Waals surface area contributed by atoms with Crippen molar-refractivity contribution in [1.82, 2.24) is 0 Å². The highest BCUT2D eigenvalue weighted by atomic mass is 32.1. The van der Waals surface area contributed by atoms with Crippen molar-refractivity contribution in [2.75, 3.05) is 5.32 Å². The lowest BCUT2D eigenvalue weighted by atomic mass is 10.2. The van der Waals surface area contributed by atoms with E-state index in [0.717, 1.165) is 11.1 Å². The molecular weight excluding hydrogens is 194 g/mol. The molecule has 0 atom stereocenters. The van der Waals surface area contributed by atoms with Gasteiger partial charge in [0.15, 0.2) is 0 Å². The van der Waals surface area contributed by atoms with Crippen molar-refractivity contribution in [3.05, 3.63) is 42.3 Å². The Hall–Kier alpha value is -1.61. The van der Waals surface area contributed by atoms with Crippen molar-refractivity contribution in [3.63, 3.8) is 0 Å². The van der Waals surface area contributed by atoms with Crippen LogP contribution in [0.4, 0.5) is 5.69 Å². The fourth-order valence-corrected chi connectivity index (χ4v) is 2.01. The Morgan fingerprint density at radius 2 is 2.29 bits per heavy atom. The molecule has 0 aliphatic rings. The molecule has 0 bridgehead atoms. The Morgan fingerprint density at radius 1 is 1.43 bits per heavy atom. The highest BCUT2D eigenvalue weighted by Gasteiger charge is 1.99. The van der Waals surface area contributed by atoms with Crippen LogP contribution in [0, 0.1) is 0 Å². The van der Waals surface area contributed by atoms with Crippen molar-refractivity contribution < 1.29 is 4.79 Å². The molecule has 0 aliphatic carbocycles. The summed E-state index contributed by atoms with van der Waals surface area (Å²) < 4.78 is 1.22. The number of carbonyl (C=O) groups is 1. The lowest BCUT2D eigenvalue weighted by Crippen LogP contribution is -2.06. The minimum absolute atomic E-state index is 0.181. The SMILES string of the molecule is C=CC(=O)Nc1ccc2sccc2c1. The van der Waals surface area contributed by atoms with Crippen molar-refractivity contribution in [2.45, 2.75) is 0 Å². The predicted octanol–water partition coefficient (Wildman–Crippen LogP) is 3.03. The van der Waals surface area contributed by atoms with E-state index >= 15 is 0 Å². The third kappa shape index (κ3) is 1.67. The van der Waals surface area contributed by atoms with Crippen LogP contribution in [0.5, 0.6) is 0 Å². The molecule has 0 saturated heterocycles. The van der Waals surface area contributed by atoms with E-state index in [1.54, 1.807) is 11.3 Å². The van der Waals surface area contributed by atoms with Gasteiger partial charge in [0.05, 0.1) is 0 Å². The van der Waals surface area contributed by atoms with Gasteiger partial charge >= 0.3 is 0 Å². The number of hydrogen-bond donors (Lipinski definition) is 1. The van der Waals surface area contributed by atoms with Crippen LogP contribution in [0.15, 0.2) is 42.3 Å². The number of nitrogens with one attached hydrogen (secondary N) is 1. The number of rotatable bonds is 2. The lowest BCUT2D eigenvalue weighted by molar-refractivity contribution is -0.111. The number of fused-ring (bicyclic) bond motifs is 1. The van der Waals surface area contributed by atoms with E-state index in [0.29, 0.717) is 0 Å². The quantitative estimate of drug-likeness (QED) is 0.747. The van der Waals surface area contributed by atoms with Crippen LogP contribution in [-0.2, 0) is 4.79 Å². The molecule has 3 heteroatoms. The first-order valence-electron chi connectivity index (χ1n) is 4.20. The molecule has 1 heterocycles. The van der Waals surface area contributed by atoms with Gasteiger partial charge in [-0.1, -0.05) is 6.58 Å². The zero-order valence-electron chi connectivity index (χ0n) is 7.49. The van der Waals surface area contributed by atoms with Gasteiger partial charge in [-0.25, -0.2) is 0 Å². The molecule has 1 amide bonds. The van der Waals surface area contributed by atoms with Crippen LogP contribution in [0.2, 0.25) is 0 Å². The standard InChI is InChI=1S/C11H9NOS/c1-2-11(13)12-9-3-4-10-8(7-9)5-6-14-10/h2-7H,1H2,(H,12,13). The zero-order chi connectivity index (χ0) is 9.97. The van der Waals surface area contributed by atoms with Crippen LogP contribution in [-0.4, -0.2) is 5.91 Å². The van der Waals surface area contributed by atoms with E-state index in [-0.39, 0.29) is 5.91 Å². The van der Waals surface area contributed by atoms with Crippen molar-refractivity contribution in [2.24, 2.45) is 0 Å². The number of carbonyl (C=O) groups excluding carboxylic acids is 1. The molecule has 14 heavy (non-hydrogen) atoms. The van der Waals surface area contributed by atoms with Gasteiger partial charge in [0.25, 0.3) is 0 Å². The van der Waals surface area contributed by atoms with Gasteiger partial charge in [-0.15, -0.1) is 11.3 Å². The molecule has 0 unspecified atom stereocenters. The van der Waals surface area contributed by atoms with Crippen LogP contribution in [0.1, 0.15) is 0 Å². The normalized spacial score (nSPS) is 10.0. The number of hydrogen-bond acceptors (Lipinski definition) is 2. The fraction of sp³-hybridized carbons (Fsp3) is 0. The Labute approximate surface area is 85.9 Å². The number of amides is 1. The Kier molecular flexibility index (Phi) is 2.33. The largest absolute Gasteiger partial charge is 0.323 e. The average Bonchev–Trinajstić information content (AvgIpc) is 2.64. The summed E-state index contributed by atoms with van der Waals surface area (Å²) in [5, 5.41) is 5.90. The van der Waals surface area contributed by atoms with Crippen molar-refractivity contribution in [1.29, 1.82) is 0 Å². The summed E-state index contributed by atoms with van der Waals surface area (Å²) in [6.45, 7) is 3.40. The van der Waals surface area contributed by atoms with Crippen molar-refractivity contribution >= 4 is 33.0 Å². The molecule has 0 spiro atoms. The molecule has 1 aromatic heterocycles. The first kappa shape index (κ1) is 8.97. The van der Waals surface area contributed by atoms with E-state index in [4.69, 9.17) is 0 Å². The van der Waals surface area contributed by atoms with E-state index in [2.05, 4.69) is 11.9 Å². The molecule has 0 fully saturated rings. The van der Waals surface area contributed by atoms with E-state index in [1.165, 1.54) is 10.8 Å². The van der Waals surface area contributed by atoms with Gasteiger partial charge < -0.3 is 5.32 Å². The van der Waals surface area contributed by atoms with Crippen LogP contribution in [0.25, 0.3) is 10.1 Å². The van der Waals surface area contributed by atoms with E-state index in [1.807, 2.05) is 29.6 Å². The summed E-state index contributed by atoms with van der Waals surface area (Å²) in [5.41, 5.74) is 0.806. The fourth-order valence-electron chi connectivity index (χ4n) is 1.24. The first-order chi connectivity index (χ1) is 6.79. The highest BCUT2D eigenvalue weighted by molar-refractivity contribution is 7.17. The zero-order valence-corrected chi connectivity index (χ0v) is 8.30. The second kappa shape index (κ2) is 3.64. The van der Waals surface area contributed by atoms with Gasteiger partial charge in [0.2, 0.25) is 5.91 Å². The second-order valence-electron chi connectivity index (χ2n) is 2.87. The first-order valence-corrected chi connectivity index (χ1v) is 5.08. The molecule has 1 aromatic carbocycles. The van der Waals surface area contributed by atoms with Gasteiger partial charge in [0.1, 0.15) is 0 Å². The molecule has 2 rings (SSSR count). The third-order valence-corrected chi connectivity index (χ3v) is 2.80. The Balaban J connectivity index is 2.34. The molecular formula is C11H9NOS. The number of thiophene rings is 1. The van der Waals surface area contributed by atoms with Gasteiger partial charge in [-0.3, -0.25) is 4.79 Å². The molecule has 70 valence electrons. The Bertz CT molecular complexity index is 487. The third-order valence-electron chi connectivity index (χ3n) is 1.91. The van der Waals surface area contributed by atoms with Gasteiger partial charge in [-0.2, -0.15) is 0 Å². The summed E-state index contributed by atoms with van der Waals surface area (Å²) in [6.07, 6.45) is 1.26. The van der Waals surface area contributed by atoms with Crippen LogP contribution in [0.3, 0.4) is 0 Å². The summed E-state index contributed by atoms with van der Waals surface area (Å²) in [5.74, 6) is -0.181. The molecule has 2 aromatic rings. The monoisotopic (exact) mass is 203 g/mol. The van der Waals surface area contributed by atoms with E-state index in [9.17, 15) is 4.79 Å². The average molecular weight is 203 g/mol. The highest BCUT2D eigenvalue weighted by Crippen LogP contribution is 2.23. The van der Waals surface area contributed by atoms with Crippen molar-refractivity contribution in [3.8, 4) is 0 Å². The topological polar surface area (TPSA) is 29.1 Å². The van der Waals surface area contributed by atoms with Gasteiger partial charge in [0, 0.05) is 10.4 Å². The van der Waals surface area contributed by atoms with Gasteiger partial charge in [-0.05, 0) is 41.1 Å². The van der Waals surface area contributed by atoms with Crippen LogP contribution >= 0.6 is 11.3 Å².